The zero-order valence-electron chi connectivity index (χ0n) is 14.9. The largest absolute Gasteiger partial charge is 0.419 e. The first-order chi connectivity index (χ1) is 12.8. The van der Waals surface area contributed by atoms with Gasteiger partial charge in [-0.15, -0.1) is 0 Å². The number of alkyl halides is 3. The molecule has 1 atom stereocenters. The van der Waals surface area contributed by atoms with Crippen molar-refractivity contribution in [2.24, 2.45) is 9.98 Å². The van der Waals surface area contributed by atoms with E-state index in [4.69, 9.17) is 0 Å². The lowest BCUT2D eigenvalue weighted by molar-refractivity contribution is -0.139. The van der Waals surface area contributed by atoms with Gasteiger partial charge in [-0.2, -0.15) is 13.2 Å². The Kier molecular flexibility index (Phi) is 4.21. The fraction of sp³-hybridized carbons (Fsp3) is 0.444. The molecule has 3 heterocycles. The number of halogens is 4. The van der Waals surface area contributed by atoms with Crippen LogP contribution in [0.15, 0.2) is 33.9 Å². The van der Waals surface area contributed by atoms with Gasteiger partial charge in [-0.1, -0.05) is 0 Å². The molecular weight excluding hydrogens is 362 g/mol. The number of fused-ring (bicyclic) bond motifs is 3. The molecule has 0 amide bonds. The molecule has 9 heteroatoms. The molecule has 27 heavy (non-hydrogen) atoms. The summed E-state index contributed by atoms with van der Waals surface area (Å²) in [5.41, 5.74) is -0.0329. The minimum absolute atomic E-state index is 0.103. The lowest BCUT2D eigenvalue weighted by atomic mass is 10.1. The first-order valence-corrected chi connectivity index (χ1v) is 8.76. The molecule has 1 aromatic carbocycles. The first kappa shape index (κ1) is 18.0. The van der Waals surface area contributed by atoms with Gasteiger partial charge in [0.2, 0.25) is 0 Å². The van der Waals surface area contributed by atoms with Crippen molar-refractivity contribution in [2.75, 3.05) is 31.1 Å². The number of benzene rings is 1. The fourth-order valence-electron chi connectivity index (χ4n) is 3.37. The van der Waals surface area contributed by atoms with E-state index in [-0.39, 0.29) is 17.4 Å². The quantitative estimate of drug-likeness (QED) is 0.702. The van der Waals surface area contributed by atoms with Gasteiger partial charge in [-0.3, -0.25) is 9.89 Å². The van der Waals surface area contributed by atoms with Crippen molar-refractivity contribution >= 4 is 23.0 Å². The predicted octanol–water partition coefficient (Wildman–Crippen LogP) is 3.30. The van der Waals surface area contributed by atoms with Crippen molar-refractivity contribution in [3.8, 4) is 0 Å². The van der Waals surface area contributed by atoms with Crippen LogP contribution in [0.5, 0.6) is 0 Å². The summed E-state index contributed by atoms with van der Waals surface area (Å²) in [5.74, 6) is -0.253. The molecule has 0 spiro atoms. The monoisotopic (exact) mass is 381 g/mol. The van der Waals surface area contributed by atoms with Gasteiger partial charge in [-0.25, -0.2) is 9.38 Å². The number of hydrogen-bond donors (Lipinski definition) is 1. The molecule has 0 aromatic heterocycles. The molecule has 1 aromatic rings. The topological polar surface area (TPSA) is 43.2 Å². The summed E-state index contributed by atoms with van der Waals surface area (Å²) in [6.07, 6.45) is -3.01. The number of amidine groups is 2. The number of anilines is 1. The Morgan fingerprint density at radius 1 is 1.15 bits per heavy atom. The maximum Gasteiger partial charge on any atom is 0.419 e. The second kappa shape index (κ2) is 6.33. The molecule has 3 aliphatic rings. The lowest BCUT2D eigenvalue weighted by Gasteiger charge is -2.39. The van der Waals surface area contributed by atoms with E-state index in [0.717, 1.165) is 30.8 Å². The van der Waals surface area contributed by atoms with E-state index in [1.807, 2.05) is 18.7 Å². The molecule has 1 fully saturated rings. The fourth-order valence-corrected chi connectivity index (χ4v) is 3.37. The van der Waals surface area contributed by atoms with E-state index in [9.17, 15) is 17.6 Å². The van der Waals surface area contributed by atoms with Gasteiger partial charge < -0.3 is 10.2 Å². The SMILES string of the molecule is CC1=CN2C(=NC1C)C(N1CCNCC1)=Nc1cc(F)c(C(F)(F)F)cc12. The molecule has 1 unspecified atom stereocenters. The molecular formula is C18H19F4N5. The maximum atomic E-state index is 14.1. The highest BCUT2D eigenvalue weighted by Crippen LogP contribution is 2.42. The minimum atomic E-state index is -4.78. The van der Waals surface area contributed by atoms with E-state index >= 15 is 0 Å². The molecule has 0 radical (unpaired) electrons. The molecule has 144 valence electrons. The van der Waals surface area contributed by atoms with Crippen LogP contribution in [-0.2, 0) is 6.18 Å². The van der Waals surface area contributed by atoms with Gasteiger partial charge in [-0.05, 0) is 25.5 Å². The second-order valence-corrected chi connectivity index (χ2v) is 6.86. The number of hydrogen-bond acceptors (Lipinski definition) is 5. The van der Waals surface area contributed by atoms with Gasteiger partial charge in [0.25, 0.3) is 0 Å². The molecule has 1 N–H and O–H groups in total. The standard InChI is InChI=1S/C18H19F4N5/c1-10-9-27-15-7-12(18(20,21)22)13(19)8-14(15)25-16(17(27)24-11(10)2)26-5-3-23-4-6-26/h7-9,11,23H,3-6H2,1-2H3. The van der Waals surface area contributed by atoms with E-state index < -0.39 is 17.6 Å². The van der Waals surface area contributed by atoms with Crippen molar-refractivity contribution in [3.05, 3.63) is 35.3 Å². The van der Waals surface area contributed by atoms with Crippen LogP contribution in [0.2, 0.25) is 0 Å². The van der Waals surface area contributed by atoms with Gasteiger partial charge >= 0.3 is 6.18 Å². The Balaban J connectivity index is 1.89. The average molecular weight is 381 g/mol. The Hall–Kier alpha value is -2.42. The number of rotatable bonds is 0. The smallest absolute Gasteiger partial charge is 0.351 e. The number of aliphatic imine (C=N–C) groups is 2. The number of nitrogens with zero attached hydrogens (tertiary/aromatic N) is 4. The predicted molar refractivity (Wildman–Crippen MR) is 96.1 cm³/mol. The van der Waals surface area contributed by atoms with Gasteiger partial charge in [0, 0.05) is 38.4 Å². The highest BCUT2D eigenvalue weighted by molar-refractivity contribution is 6.48. The van der Waals surface area contributed by atoms with Crippen molar-refractivity contribution in [1.82, 2.24) is 10.2 Å². The molecule has 5 nitrogen and oxygen atoms in total. The van der Waals surface area contributed by atoms with Crippen molar-refractivity contribution in [1.29, 1.82) is 0 Å². The molecule has 1 saturated heterocycles. The summed E-state index contributed by atoms with van der Waals surface area (Å²) >= 11 is 0. The number of nitrogens with one attached hydrogen (secondary N) is 1. The van der Waals surface area contributed by atoms with Gasteiger partial charge in [0.15, 0.2) is 11.7 Å². The highest BCUT2D eigenvalue weighted by atomic mass is 19.4. The van der Waals surface area contributed by atoms with Gasteiger partial charge in [0.1, 0.15) is 5.82 Å². The summed E-state index contributed by atoms with van der Waals surface area (Å²) in [6.45, 7) is 6.72. The first-order valence-electron chi connectivity index (χ1n) is 8.76. The van der Waals surface area contributed by atoms with E-state index in [2.05, 4.69) is 15.3 Å². The van der Waals surface area contributed by atoms with Crippen LogP contribution >= 0.6 is 0 Å². The van der Waals surface area contributed by atoms with E-state index in [1.54, 1.807) is 11.1 Å². The molecule has 0 aliphatic carbocycles. The molecule has 0 bridgehead atoms. The molecule has 4 rings (SSSR count). The lowest BCUT2D eigenvalue weighted by Crippen LogP contribution is -2.53. The Morgan fingerprint density at radius 2 is 1.85 bits per heavy atom. The van der Waals surface area contributed by atoms with Crippen LogP contribution in [0, 0.1) is 5.82 Å². The summed E-state index contributed by atoms with van der Waals surface area (Å²) in [4.78, 5) is 12.8. The third-order valence-corrected chi connectivity index (χ3v) is 5.01. The average Bonchev–Trinajstić information content (AvgIpc) is 2.61. The summed E-state index contributed by atoms with van der Waals surface area (Å²) < 4.78 is 53.7. The van der Waals surface area contributed by atoms with Crippen LogP contribution in [0.3, 0.4) is 0 Å². The minimum Gasteiger partial charge on any atom is -0.351 e. The summed E-state index contributed by atoms with van der Waals surface area (Å²) in [5, 5.41) is 3.25. The van der Waals surface area contributed by atoms with Crippen LogP contribution in [0.25, 0.3) is 0 Å². The Bertz CT molecular complexity index is 865. The zero-order valence-corrected chi connectivity index (χ0v) is 14.9. The van der Waals surface area contributed by atoms with Crippen LogP contribution in [0.1, 0.15) is 19.4 Å². The van der Waals surface area contributed by atoms with Crippen LogP contribution in [0.4, 0.5) is 28.9 Å². The van der Waals surface area contributed by atoms with Crippen LogP contribution in [-0.4, -0.2) is 48.8 Å². The zero-order chi connectivity index (χ0) is 19.3. The van der Waals surface area contributed by atoms with E-state index in [0.29, 0.717) is 24.8 Å². The van der Waals surface area contributed by atoms with Crippen molar-refractivity contribution in [3.63, 3.8) is 0 Å². The summed E-state index contributed by atoms with van der Waals surface area (Å²) in [7, 11) is 0. The third kappa shape index (κ3) is 3.09. The normalized spacial score (nSPS) is 22.6. The maximum absolute atomic E-state index is 14.1. The molecule has 0 saturated carbocycles. The Labute approximate surface area is 154 Å². The highest BCUT2D eigenvalue weighted by Gasteiger charge is 2.39. The van der Waals surface area contributed by atoms with Gasteiger partial charge in [0.05, 0.1) is 23.0 Å². The molecule has 3 aliphatic heterocycles. The Morgan fingerprint density at radius 3 is 2.52 bits per heavy atom. The van der Waals surface area contributed by atoms with Crippen molar-refractivity contribution < 1.29 is 17.6 Å². The second-order valence-electron chi connectivity index (χ2n) is 6.86. The summed E-state index contributed by atoms with van der Waals surface area (Å²) in [6, 6.07) is 1.57. The van der Waals surface area contributed by atoms with E-state index in [1.165, 1.54) is 0 Å². The van der Waals surface area contributed by atoms with Crippen LogP contribution < -0.4 is 10.2 Å². The third-order valence-electron chi connectivity index (χ3n) is 5.01. The number of piperazine rings is 1. The van der Waals surface area contributed by atoms with Crippen molar-refractivity contribution in [2.45, 2.75) is 26.1 Å².